The fourth-order valence-corrected chi connectivity index (χ4v) is 4.33. The van der Waals surface area contributed by atoms with Crippen molar-refractivity contribution >= 4 is 6.29 Å². The molecule has 2 aliphatic rings. The summed E-state index contributed by atoms with van der Waals surface area (Å²) in [7, 11) is 1.67. The van der Waals surface area contributed by atoms with Crippen LogP contribution in [0.3, 0.4) is 0 Å². The molecule has 3 nitrogen and oxygen atoms in total. The molecule has 3 rings (SSSR count). The van der Waals surface area contributed by atoms with Crippen LogP contribution in [0.1, 0.15) is 44.1 Å². The Hall–Kier alpha value is -1.61. The lowest BCUT2D eigenvalue weighted by atomic mass is 9.60. The van der Waals surface area contributed by atoms with E-state index in [2.05, 4.69) is 25.1 Å². The predicted molar refractivity (Wildman–Crippen MR) is 86.0 cm³/mol. The smallest absolute Gasteiger partial charge is 0.120 e. The lowest BCUT2D eigenvalue weighted by Crippen LogP contribution is -2.38. The van der Waals surface area contributed by atoms with Gasteiger partial charge in [-0.15, -0.1) is 0 Å². The minimum absolute atomic E-state index is 0.142. The number of methoxy groups -OCH3 is 1. The summed E-state index contributed by atoms with van der Waals surface area (Å²) in [5.41, 5.74) is 2.41. The molecule has 2 aliphatic carbocycles. The fraction of sp³-hybridized carbons (Fsp3) is 0.526. The summed E-state index contributed by atoms with van der Waals surface area (Å²) in [4.78, 5) is 11.2. The number of aldehydes is 1. The first-order chi connectivity index (χ1) is 10.6. The quantitative estimate of drug-likeness (QED) is 0.684. The van der Waals surface area contributed by atoms with E-state index >= 15 is 0 Å². The van der Waals surface area contributed by atoms with E-state index in [4.69, 9.17) is 4.74 Å². The monoisotopic (exact) mass is 300 g/mol. The molecule has 0 aliphatic heterocycles. The highest BCUT2D eigenvalue weighted by Crippen LogP contribution is 2.56. The Balaban J connectivity index is 1.92. The predicted octanol–water partition coefficient (Wildman–Crippen LogP) is 3.48. The maximum absolute atomic E-state index is 11.2. The van der Waals surface area contributed by atoms with Crippen LogP contribution in [0, 0.1) is 11.3 Å². The molecule has 1 aromatic rings. The first-order valence-electron chi connectivity index (χ1n) is 8.06. The second kappa shape index (κ2) is 5.88. The van der Waals surface area contributed by atoms with Gasteiger partial charge < -0.3 is 14.6 Å². The third kappa shape index (κ3) is 2.38. The van der Waals surface area contributed by atoms with Crippen LogP contribution in [-0.2, 0) is 4.79 Å². The van der Waals surface area contributed by atoms with E-state index in [0.717, 1.165) is 31.3 Å². The third-order valence-corrected chi connectivity index (χ3v) is 5.71. The summed E-state index contributed by atoms with van der Waals surface area (Å²) >= 11 is 0. The molecule has 3 heteroatoms. The highest BCUT2D eigenvalue weighted by Gasteiger charge is 2.48. The molecule has 1 saturated carbocycles. The molecule has 118 valence electrons. The van der Waals surface area contributed by atoms with Crippen LogP contribution in [0.25, 0.3) is 0 Å². The van der Waals surface area contributed by atoms with Crippen molar-refractivity contribution < 1.29 is 14.6 Å². The van der Waals surface area contributed by atoms with Gasteiger partial charge in [-0.05, 0) is 48.8 Å². The zero-order chi connectivity index (χ0) is 15.7. The number of fused-ring (bicyclic) bond motifs is 1. The van der Waals surface area contributed by atoms with Crippen molar-refractivity contribution in [2.45, 2.75) is 44.6 Å². The molecule has 1 N–H and O–H groups in total. The standard InChI is InChI=1S/C19H24O3/c1-19-11-9-15(13-3-5-14(22-2)6-4-13)16(10-12-20)17(19)7-8-18(19)21/h3-7,12,15-16,18,21H,8-11H2,1-2H3/t15-,16-,18+,19+/m1/s1. The average molecular weight is 300 g/mol. The highest BCUT2D eigenvalue weighted by atomic mass is 16.5. The van der Waals surface area contributed by atoms with Crippen LogP contribution in [-0.4, -0.2) is 24.6 Å². The molecule has 0 radical (unpaired) electrons. The average Bonchev–Trinajstić information content (AvgIpc) is 2.84. The van der Waals surface area contributed by atoms with Gasteiger partial charge in [0.25, 0.3) is 0 Å². The number of carbonyl (C=O) groups excluding carboxylic acids is 1. The van der Waals surface area contributed by atoms with E-state index < -0.39 is 0 Å². The van der Waals surface area contributed by atoms with Crippen LogP contribution >= 0.6 is 0 Å². The van der Waals surface area contributed by atoms with Gasteiger partial charge in [0.05, 0.1) is 13.2 Å². The van der Waals surface area contributed by atoms with Gasteiger partial charge in [-0.1, -0.05) is 30.7 Å². The second-order valence-corrected chi connectivity index (χ2v) is 6.76. The molecular weight excluding hydrogens is 276 g/mol. The first kappa shape index (κ1) is 15.3. The Morgan fingerprint density at radius 3 is 2.73 bits per heavy atom. The number of ether oxygens (including phenoxy) is 1. The zero-order valence-electron chi connectivity index (χ0n) is 13.3. The minimum Gasteiger partial charge on any atom is -0.497 e. The minimum atomic E-state index is -0.298. The number of aliphatic hydroxyl groups excluding tert-OH is 1. The van der Waals surface area contributed by atoms with Gasteiger partial charge in [0.1, 0.15) is 12.0 Å². The van der Waals surface area contributed by atoms with Gasteiger partial charge >= 0.3 is 0 Å². The van der Waals surface area contributed by atoms with Crippen molar-refractivity contribution in [3.05, 3.63) is 41.5 Å². The molecule has 0 heterocycles. The Morgan fingerprint density at radius 1 is 1.36 bits per heavy atom. The second-order valence-electron chi connectivity index (χ2n) is 6.76. The summed E-state index contributed by atoms with van der Waals surface area (Å²) in [5.74, 6) is 1.41. The van der Waals surface area contributed by atoms with Gasteiger partial charge in [-0.25, -0.2) is 0 Å². The van der Waals surface area contributed by atoms with Crippen LogP contribution < -0.4 is 4.74 Å². The highest BCUT2D eigenvalue weighted by molar-refractivity contribution is 5.53. The SMILES string of the molecule is COc1ccc([C@H]2CC[C@@]3(C)C(=CC[C@@H]3O)[C@@H]2CC=O)cc1. The largest absolute Gasteiger partial charge is 0.497 e. The number of benzene rings is 1. The van der Waals surface area contributed by atoms with Gasteiger partial charge in [0.2, 0.25) is 0 Å². The van der Waals surface area contributed by atoms with Gasteiger partial charge in [-0.3, -0.25) is 0 Å². The van der Waals surface area contributed by atoms with Crippen LogP contribution in [0.5, 0.6) is 5.75 Å². The lowest BCUT2D eigenvalue weighted by Gasteiger charge is -2.44. The molecule has 0 aromatic heterocycles. The molecule has 0 saturated heterocycles. The normalized spacial score (nSPS) is 34.0. The Labute approximate surface area is 132 Å². The first-order valence-corrected chi connectivity index (χ1v) is 8.06. The zero-order valence-corrected chi connectivity index (χ0v) is 13.3. The lowest BCUT2D eigenvalue weighted by molar-refractivity contribution is -0.108. The molecule has 22 heavy (non-hydrogen) atoms. The Kier molecular flexibility index (Phi) is 4.09. The van der Waals surface area contributed by atoms with Crippen molar-refractivity contribution in [1.82, 2.24) is 0 Å². The number of aliphatic hydroxyl groups is 1. The number of hydrogen-bond donors (Lipinski definition) is 1. The molecule has 1 aromatic carbocycles. The van der Waals surface area contributed by atoms with E-state index in [1.807, 2.05) is 12.1 Å². The molecule has 0 amide bonds. The number of hydrogen-bond acceptors (Lipinski definition) is 3. The maximum Gasteiger partial charge on any atom is 0.120 e. The summed E-state index contributed by atoms with van der Waals surface area (Å²) < 4.78 is 5.23. The summed E-state index contributed by atoms with van der Waals surface area (Å²) in [6.45, 7) is 2.15. The molecular formula is C19H24O3. The van der Waals surface area contributed by atoms with Crippen LogP contribution in [0.2, 0.25) is 0 Å². The van der Waals surface area contributed by atoms with Crippen molar-refractivity contribution in [3.63, 3.8) is 0 Å². The topological polar surface area (TPSA) is 46.5 Å². The van der Waals surface area contributed by atoms with Crippen molar-refractivity contribution in [2.24, 2.45) is 11.3 Å². The van der Waals surface area contributed by atoms with E-state index in [1.54, 1.807) is 7.11 Å². The summed E-state index contributed by atoms with van der Waals surface area (Å²) in [5, 5.41) is 10.3. The Morgan fingerprint density at radius 2 is 2.09 bits per heavy atom. The van der Waals surface area contributed by atoms with Crippen LogP contribution in [0.15, 0.2) is 35.9 Å². The van der Waals surface area contributed by atoms with Crippen molar-refractivity contribution in [1.29, 1.82) is 0 Å². The van der Waals surface area contributed by atoms with Crippen molar-refractivity contribution in [2.75, 3.05) is 7.11 Å². The third-order valence-electron chi connectivity index (χ3n) is 5.71. The van der Waals surface area contributed by atoms with E-state index in [0.29, 0.717) is 12.3 Å². The molecule has 0 unspecified atom stereocenters. The maximum atomic E-state index is 11.2. The van der Waals surface area contributed by atoms with E-state index in [1.165, 1.54) is 11.1 Å². The molecule has 0 bridgehead atoms. The fourth-order valence-electron chi connectivity index (χ4n) is 4.33. The van der Waals surface area contributed by atoms with Gasteiger partial charge in [0, 0.05) is 11.8 Å². The number of carbonyl (C=O) groups is 1. The number of rotatable bonds is 4. The van der Waals surface area contributed by atoms with Crippen molar-refractivity contribution in [3.8, 4) is 5.75 Å². The van der Waals surface area contributed by atoms with E-state index in [9.17, 15) is 9.90 Å². The van der Waals surface area contributed by atoms with Gasteiger partial charge in [0.15, 0.2) is 0 Å². The summed E-state index contributed by atoms with van der Waals surface area (Å²) in [6, 6.07) is 8.18. The summed E-state index contributed by atoms with van der Waals surface area (Å²) in [6.07, 6.45) is 6.14. The van der Waals surface area contributed by atoms with Gasteiger partial charge in [-0.2, -0.15) is 0 Å². The molecule has 1 fully saturated rings. The Bertz CT molecular complexity index is 575. The molecule has 4 atom stereocenters. The van der Waals surface area contributed by atoms with E-state index in [-0.39, 0.29) is 17.4 Å². The van der Waals surface area contributed by atoms with Crippen LogP contribution in [0.4, 0.5) is 0 Å². The molecule has 0 spiro atoms.